The van der Waals surface area contributed by atoms with Gasteiger partial charge in [-0.1, -0.05) is 6.92 Å². The highest BCUT2D eigenvalue weighted by atomic mass is 19.1. The molecule has 0 aliphatic carbocycles. The van der Waals surface area contributed by atoms with Gasteiger partial charge >= 0.3 is 0 Å². The van der Waals surface area contributed by atoms with Crippen LogP contribution in [-0.2, 0) is 0 Å². The first-order valence-electron chi connectivity index (χ1n) is 10.0. The van der Waals surface area contributed by atoms with Gasteiger partial charge in [0, 0.05) is 17.7 Å². The Morgan fingerprint density at radius 3 is 2.74 bits per heavy atom. The third-order valence-electron chi connectivity index (χ3n) is 5.49. The zero-order valence-electron chi connectivity index (χ0n) is 17.2. The molecule has 0 saturated carbocycles. The Bertz CT molecular complexity index is 1260. The van der Waals surface area contributed by atoms with Gasteiger partial charge in [0.2, 0.25) is 0 Å². The lowest BCUT2D eigenvalue weighted by Crippen LogP contribution is -2.40. The monoisotopic (exact) mass is 422 g/mol. The van der Waals surface area contributed by atoms with E-state index in [0.717, 1.165) is 29.8 Å². The van der Waals surface area contributed by atoms with Gasteiger partial charge in [-0.15, -0.1) is 10.2 Å². The van der Waals surface area contributed by atoms with E-state index in [1.807, 2.05) is 4.57 Å². The van der Waals surface area contributed by atoms with Gasteiger partial charge in [0.15, 0.2) is 17.5 Å². The van der Waals surface area contributed by atoms with Crippen molar-refractivity contribution in [1.82, 2.24) is 34.9 Å². The van der Waals surface area contributed by atoms with E-state index in [9.17, 15) is 8.78 Å². The molecular formula is C21H20F2N8. The van der Waals surface area contributed by atoms with Crippen LogP contribution in [0.3, 0.4) is 0 Å². The van der Waals surface area contributed by atoms with Gasteiger partial charge in [0.1, 0.15) is 23.6 Å². The molecule has 4 aromatic rings. The molecule has 5 rings (SSSR count). The smallest absolute Gasteiger partial charge is 0.165 e. The van der Waals surface area contributed by atoms with Crippen LogP contribution in [0.5, 0.6) is 0 Å². The van der Waals surface area contributed by atoms with Crippen LogP contribution >= 0.6 is 0 Å². The van der Waals surface area contributed by atoms with Crippen LogP contribution in [0.25, 0.3) is 28.3 Å². The zero-order valence-corrected chi connectivity index (χ0v) is 17.2. The molecule has 31 heavy (non-hydrogen) atoms. The van der Waals surface area contributed by atoms with Crippen LogP contribution in [0.1, 0.15) is 39.1 Å². The number of anilines is 1. The molecule has 10 heteroatoms. The molecular weight excluding hydrogens is 402 g/mol. The Kier molecular flexibility index (Phi) is 4.49. The van der Waals surface area contributed by atoms with E-state index >= 15 is 0 Å². The summed E-state index contributed by atoms with van der Waals surface area (Å²) in [7, 11) is 0. The second-order valence-electron chi connectivity index (χ2n) is 7.67. The minimum atomic E-state index is -0.688. The first-order valence-corrected chi connectivity index (χ1v) is 10.0. The van der Waals surface area contributed by atoms with Gasteiger partial charge in [-0.2, -0.15) is 5.10 Å². The van der Waals surface area contributed by atoms with E-state index in [2.05, 4.69) is 51.0 Å². The average Bonchev–Trinajstić information content (AvgIpc) is 3.42. The van der Waals surface area contributed by atoms with Gasteiger partial charge in [0.05, 0.1) is 29.7 Å². The van der Waals surface area contributed by atoms with Crippen LogP contribution in [0.15, 0.2) is 36.9 Å². The summed E-state index contributed by atoms with van der Waals surface area (Å²) < 4.78 is 29.7. The molecule has 1 N–H and O–H groups in total. The number of halogens is 2. The Morgan fingerprint density at radius 2 is 2.00 bits per heavy atom. The predicted molar refractivity (Wildman–Crippen MR) is 111 cm³/mol. The van der Waals surface area contributed by atoms with Crippen LogP contribution in [0, 0.1) is 11.6 Å². The fourth-order valence-corrected chi connectivity index (χ4v) is 4.12. The van der Waals surface area contributed by atoms with Crippen molar-refractivity contribution < 1.29 is 8.78 Å². The van der Waals surface area contributed by atoms with Crippen molar-refractivity contribution in [3.63, 3.8) is 0 Å². The minimum Gasteiger partial charge on any atom is -0.342 e. The summed E-state index contributed by atoms with van der Waals surface area (Å²) in [6, 6.07) is 3.58. The quantitative estimate of drug-likeness (QED) is 0.533. The van der Waals surface area contributed by atoms with Gasteiger partial charge < -0.3 is 4.90 Å². The lowest BCUT2D eigenvalue weighted by Gasteiger charge is -2.39. The lowest BCUT2D eigenvalue weighted by molar-refractivity contribution is 0.497. The minimum absolute atomic E-state index is 0.0103. The first kappa shape index (κ1) is 19.3. The van der Waals surface area contributed by atoms with Gasteiger partial charge in [-0.3, -0.25) is 9.67 Å². The molecule has 8 nitrogen and oxygen atoms in total. The number of hydrogen-bond donors (Lipinski definition) is 1. The Morgan fingerprint density at radius 1 is 1.16 bits per heavy atom. The number of hydrogen-bond acceptors (Lipinski definition) is 6. The average molecular weight is 422 g/mol. The highest BCUT2D eigenvalue weighted by Gasteiger charge is 2.35. The van der Waals surface area contributed by atoms with Crippen LogP contribution in [-0.4, -0.2) is 41.0 Å². The normalized spacial score (nSPS) is 15.3. The summed E-state index contributed by atoms with van der Waals surface area (Å²) in [6.45, 7) is 6.28. The molecule has 0 saturated heterocycles. The second kappa shape index (κ2) is 7.22. The molecule has 3 aromatic heterocycles. The maximum Gasteiger partial charge on any atom is 0.165 e. The first-order chi connectivity index (χ1) is 15.0. The fourth-order valence-electron chi connectivity index (χ4n) is 4.12. The number of benzene rings is 1. The number of fused-ring (bicyclic) bond motifs is 3. The van der Waals surface area contributed by atoms with E-state index in [1.54, 1.807) is 18.7 Å². The van der Waals surface area contributed by atoms with E-state index in [1.165, 1.54) is 12.1 Å². The number of nitrogens with one attached hydrogen (secondary N) is 1. The van der Waals surface area contributed by atoms with E-state index in [0.29, 0.717) is 17.1 Å². The molecule has 158 valence electrons. The molecule has 0 radical (unpaired) electrons. The van der Waals surface area contributed by atoms with Gasteiger partial charge in [0.25, 0.3) is 0 Å². The molecule has 0 bridgehead atoms. The molecule has 1 atom stereocenters. The van der Waals surface area contributed by atoms with Crippen molar-refractivity contribution in [3.8, 4) is 28.3 Å². The molecule has 0 spiro atoms. The second-order valence-corrected chi connectivity index (χ2v) is 7.67. The number of aromatic nitrogens is 7. The summed E-state index contributed by atoms with van der Waals surface area (Å²) in [4.78, 5) is 11.6. The summed E-state index contributed by atoms with van der Waals surface area (Å²) in [5.41, 5.74) is 1.89. The zero-order chi connectivity index (χ0) is 21.7. The number of rotatable bonds is 4. The predicted octanol–water partition coefficient (Wildman–Crippen LogP) is 4.07. The highest BCUT2D eigenvalue weighted by Crippen LogP contribution is 2.40. The summed E-state index contributed by atoms with van der Waals surface area (Å²) >= 11 is 0. The largest absolute Gasteiger partial charge is 0.342 e. The number of aromatic amines is 1. The standard InChI is InChI=1S/C21H20F2N8/c1-4-16-21-29-26-10-30(21)17-9-24-19(27-20(17)31(16)11(2)3)14-8-25-28-18(14)13-6-5-12(22)7-15(13)23/h5-11,16H,4H2,1-3H3,(H,25,28)/t16-/m1/s1. The maximum atomic E-state index is 14.4. The number of H-pyrrole nitrogens is 1. The van der Waals surface area contributed by atoms with Crippen molar-refractivity contribution in [2.45, 2.75) is 39.3 Å². The van der Waals surface area contributed by atoms with E-state index in [-0.39, 0.29) is 17.6 Å². The lowest BCUT2D eigenvalue weighted by atomic mass is 10.1. The van der Waals surface area contributed by atoms with Crippen LogP contribution < -0.4 is 4.90 Å². The third-order valence-corrected chi connectivity index (χ3v) is 5.49. The van der Waals surface area contributed by atoms with Crippen molar-refractivity contribution in [2.24, 2.45) is 0 Å². The third kappa shape index (κ3) is 2.97. The van der Waals surface area contributed by atoms with Gasteiger partial charge in [-0.05, 0) is 32.4 Å². The van der Waals surface area contributed by atoms with Crippen molar-refractivity contribution in [1.29, 1.82) is 0 Å². The Balaban J connectivity index is 1.67. The molecule has 1 aliphatic heterocycles. The number of nitrogens with zero attached hydrogens (tertiary/aromatic N) is 7. The Hall–Kier alpha value is -3.69. The van der Waals surface area contributed by atoms with E-state index < -0.39 is 11.6 Å². The topological polar surface area (TPSA) is 88.4 Å². The Labute approximate surface area is 177 Å². The summed E-state index contributed by atoms with van der Waals surface area (Å²) in [5.74, 6) is 0.647. The molecule has 0 unspecified atom stereocenters. The maximum absolute atomic E-state index is 14.4. The molecule has 4 heterocycles. The van der Waals surface area contributed by atoms with Crippen molar-refractivity contribution in [2.75, 3.05) is 4.90 Å². The molecule has 0 fully saturated rings. The molecule has 1 aliphatic rings. The van der Waals surface area contributed by atoms with Crippen molar-refractivity contribution >= 4 is 5.82 Å². The van der Waals surface area contributed by atoms with Crippen molar-refractivity contribution in [3.05, 3.63) is 54.4 Å². The molecule has 0 amide bonds. The van der Waals surface area contributed by atoms with Gasteiger partial charge in [-0.25, -0.2) is 18.7 Å². The van der Waals surface area contributed by atoms with Crippen LogP contribution in [0.4, 0.5) is 14.6 Å². The summed E-state index contributed by atoms with van der Waals surface area (Å²) in [6.07, 6.45) is 5.75. The summed E-state index contributed by atoms with van der Waals surface area (Å²) in [5, 5.41) is 15.2. The highest BCUT2D eigenvalue weighted by molar-refractivity contribution is 5.78. The van der Waals surface area contributed by atoms with E-state index in [4.69, 9.17) is 4.98 Å². The fraction of sp³-hybridized carbons (Fsp3) is 0.286. The molecule has 1 aromatic carbocycles. The van der Waals surface area contributed by atoms with Crippen LogP contribution in [0.2, 0.25) is 0 Å². The SMILES string of the molecule is CC[C@@H]1c2nncn2-c2cnc(-c3cn[nH]c3-c3ccc(F)cc3F)nc2N1C(C)C.